The minimum atomic E-state index is -1.07. The van der Waals surface area contributed by atoms with Gasteiger partial charge in [-0.2, -0.15) is 0 Å². The number of hydrogen-bond acceptors (Lipinski definition) is 3. The maximum atomic E-state index is 12.3. The Morgan fingerprint density at radius 3 is 2.32 bits per heavy atom. The number of likely N-dealkylation sites (tertiary alicyclic amines) is 1. The van der Waals surface area contributed by atoms with E-state index < -0.39 is 10.7 Å². The third kappa shape index (κ3) is 5.66. The number of piperidine rings is 1. The summed E-state index contributed by atoms with van der Waals surface area (Å²) in [5.41, 5.74) is 1.83. The molecule has 0 atom stereocenters. The number of halogens is 3. The van der Waals surface area contributed by atoms with Crippen molar-refractivity contribution < 1.29 is 14.3 Å². The molecule has 1 saturated heterocycles. The maximum absolute atomic E-state index is 12.3. The number of amides is 2. The molecule has 1 aliphatic rings. The molecular weight excluding hydrogens is 387 g/mol. The third-order valence-corrected chi connectivity index (χ3v) is 5.16. The molecule has 0 bridgehead atoms. The van der Waals surface area contributed by atoms with Crippen molar-refractivity contribution in [2.45, 2.75) is 37.6 Å². The molecule has 0 unspecified atom stereocenters. The third-order valence-electron chi connectivity index (χ3n) is 4.16. The highest BCUT2D eigenvalue weighted by atomic mass is 35.5. The summed E-state index contributed by atoms with van der Waals surface area (Å²) in [6.45, 7) is 4.88. The van der Waals surface area contributed by atoms with Crippen LogP contribution in [0.3, 0.4) is 0 Å². The van der Waals surface area contributed by atoms with E-state index in [1.807, 2.05) is 26.0 Å². The molecule has 1 aromatic rings. The predicted molar refractivity (Wildman–Crippen MR) is 99.7 cm³/mol. The van der Waals surface area contributed by atoms with Crippen molar-refractivity contribution in [1.82, 2.24) is 10.2 Å². The molecule has 8 heteroatoms. The number of aryl methyl sites for hydroxylation is 2. The van der Waals surface area contributed by atoms with Gasteiger partial charge in [0.15, 0.2) is 11.4 Å². The number of hydrogen-bond donors (Lipinski definition) is 1. The normalized spacial score (nSPS) is 15.4. The van der Waals surface area contributed by atoms with Crippen LogP contribution >= 0.6 is 34.8 Å². The van der Waals surface area contributed by atoms with Crippen LogP contribution in [0.5, 0.6) is 5.75 Å². The summed E-state index contributed by atoms with van der Waals surface area (Å²) in [6.07, 6.45) is 1.33. The molecule has 1 aromatic carbocycles. The van der Waals surface area contributed by atoms with Crippen LogP contribution in [0.25, 0.3) is 0 Å². The minimum absolute atomic E-state index is 0.0148. The summed E-state index contributed by atoms with van der Waals surface area (Å²) >= 11 is 17.2. The molecule has 5 nitrogen and oxygen atoms in total. The van der Waals surface area contributed by atoms with Gasteiger partial charge in [-0.1, -0.05) is 34.8 Å². The van der Waals surface area contributed by atoms with Gasteiger partial charge in [0, 0.05) is 24.2 Å². The van der Waals surface area contributed by atoms with E-state index >= 15 is 0 Å². The van der Waals surface area contributed by atoms with Gasteiger partial charge in [0.05, 0.1) is 0 Å². The van der Waals surface area contributed by atoms with Crippen LogP contribution in [-0.4, -0.2) is 47.3 Å². The molecule has 2 amide bonds. The van der Waals surface area contributed by atoms with Crippen LogP contribution in [0, 0.1) is 13.8 Å². The highest BCUT2D eigenvalue weighted by Crippen LogP contribution is 2.26. The summed E-state index contributed by atoms with van der Waals surface area (Å²) in [6, 6.07) is 3.62. The van der Waals surface area contributed by atoms with Crippen molar-refractivity contribution in [3.05, 3.63) is 28.3 Å². The average molecular weight is 408 g/mol. The molecule has 1 heterocycles. The summed E-state index contributed by atoms with van der Waals surface area (Å²) < 4.78 is 5.61. The smallest absolute Gasteiger partial charge is 0.260 e. The molecule has 25 heavy (non-hydrogen) atoms. The van der Waals surface area contributed by atoms with Gasteiger partial charge in [0.2, 0.25) is 0 Å². The van der Waals surface area contributed by atoms with Gasteiger partial charge in [-0.05, 0) is 49.9 Å². The van der Waals surface area contributed by atoms with E-state index in [-0.39, 0.29) is 18.6 Å². The number of nitrogens with one attached hydrogen (secondary N) is 1. The maximum Gasteiger partial charge on any atom is 0.260 e. The van der Waals surface area contributed by atoms with Gasteiger partial charge in [-0.15, -0.1) is 0 Å². The monoisotopic (exact) mass is 406 g/mol. The largest absolute Gasteiger partial charge is 0.484 e. The van der Waals surface area contributed by atoms with E-state index in [1.165, 1.54) is 0 Å². The van der Waals surface area contributed by atoms with E-state index in [4.69, 9.17) is 39.5 Å². The molecule has 0 radical (unpaired) electrons. The van der Waals surface area contributed by atoms with Crippen LogP contribution in [0.4, 0.5) is 0 Å². The Labute approximate surface area is 162 Å². The zero-order valence-corrected chi connectivity index (χ0v) is 16.4. The molecule has 2 rings (SSSR count). The fraction of sp³-hybridized carbons (Fsp3) is 0.529. The second-order valence-electron chi connectivity index (χ2n) is 6.12. The van der Waals surface area contributed by atoms with Crippen molar-refractivity contribution in [2.75, 3.05) is 19.7 Å². The number of carbonyl (C=O) groups excluding carboxylic acids is 2. The zero-order chi connectivity index (χ0) is 18.6. The predicted octanol–water partition coefficient (Wildman–Crippen LogP) is 3.25. The molecule has 1 aliphatic heterocycles. The quantitative estimate of drug-likeness (QED) is 0.762. The molecule has 0 aliphatic carbocycles. The number of rotatable bonds is 5. The van der Waals surface area contributed by atoms with Crippen LogP contribution in [-0.2, 0) is 9.59 Å². The Kier molecular flexibility index (Phi) is 7.23. The number of benzene rings is 1. The first-order chi connectivity index (χ1) is 11.8. The lowest BCUT2D eigenvalue weighted by Crippen LogP contribution is -2.48. The van der Waals surface area contributed by atoms with E-state index in [0.717, 1.165) is 11.1 Å². The van der Waals surface area contributed by atoms with Gasteiger partial charge >= 0.3 is 0 Å². The first-order valence-corrected chi connectivity index (χ1v) is 9.29. The van der Waals surface area contributed by atoms with Gasteiger partial charge < -0.3 is 15.0 Å². The lowest BCUT2D eigenvalue weighted by Gasteiger charge is -2.32. The molecule has 0 spiro atoms. The van der Waals surface area contributed by atoms with E-state index in [0.29, 0.717) is 36.7 Å². The molecule has 138 valence electrons. The van der Waals surface area contributed by atoms with Crippen molar-refractivity contribution in [3.8, 4) is 5.75 Å². The fourth-order valence-electron chi connectivity index (χ4n) is 2.76. The van der Waals surface area contributed by atoms with Gasteiger partial charge in [-0.3, -0.25) is 9.59 Å². The highest BCUT2D eigenvalue weighted by Gasteiger charge is 2.25. The Balaban J connectivity index is 1.80. The minimum Gasteiger partial charge on any atom is -0.484 e. The topological polar surface area (TPSA) is 58.6 Å². The Morgan fingerprint density at radius 1 is 1.24 bits per heavy atom. The number of ether oxygens (including phenoxy) is 1. The Bertz CT molecular complexity index is 621. The lowest BCUT2D eigenvalue weighted by molar-refractivity contribution is -0.134. The van der Waals surface area contributed by atoms with E-state index in [1.54, 1.807) is 4.90 Å². The number of alkyl halides is 2. The summed E-state index contributed by atoms with van der Waals surface area (Å²) in [5.74, 6) is 0.151. The number of nitrogens with zero attached hydrogens (tertiary/aromatic N) is 1. The first kappa shape index (κ1) is 20.1. The van der Waals surface area contributed by atoms with Crippen molar-refractivity contribution >= 4 is 46.6 Å². The SMILES string of the molecule is Cc1cc(OCC(=O)N2CCC(NC(=O)C(Cl)Cl)CC2)cc(C)c1Cl. The van der Waals surface area contributed by atoms with Gasteiger partial charge in [0.1, 0.15) is 5.75 Å². The standard InChI is InChI=1S/C17H21Cl3N2O3/c1-10-7-13(8-11(2)15(10)18)25-9-14(23)22-5-3-12(4-6-22)21-17(24)16(19)20/h7-8,12,16H,3-6,9H2,1-2H3,(H,21,24). The first-order valence-electron chi connectivity index (χ1n) is 8.03. The highest BCUT2D eigenvalue weighted by molar-refractivity contribution is 6.53. The van der Waals surface area contributed by atoms with Crippen LogP contribution in [0.15, 0.2) is 12.1 Å². The van der Waals surface area contributed by atoms with Crippen molar-refractivity contribution in [3.63, 3.8) is 0 Å². The van der Waals surface area contributed by atoms with Crippen LogP contribution < -0.4 is 10.1 Å². The lowest BCUT2D eigenvalue weighted by atomic mass is 10.1. The molecule has 0 saturated carbocycles. The summed E-state index contributed by atoms with van der Waals surface area (Å²) in [5, 5.41) is 3.48. The molecular formula is C17H21Cl3N2O3. The van der Waals surface area contributed by atoms with Crippen molar-refractivity contribution in [2.24, 2.45) is 0 Å². The van der Waals surface area contributed by atoms with E-state index in [2.05, 4.69) is 5.32 Å². The molecule has 0 aromatic heterocycles. The Morgan fingerprint density at radius 2 is 1.80 bits per heavy atom. The zero-order valence-electron chi connectivity index (χ0n) is 14.2. The number of carbonyl (C=O) groups is 2. The molecule has 1 fully saturated rings. The Hall–Kier alpha value is -1.17. The van der Waals surface area contributed by atoms with Crippen molar-refractivity contribution in [1.29, 1.82) is 0 Å². The summed E-state index contributed by atoms with van der Waals surface area (Å²) in [7, 11) is 0. The summed E-state index contributed by atoms with van der Waals surface area (Å²) in [4.78, 5) is 24.4. The second-order valence-corrected chi connectivity index (χ2v) is 7.60. The average Bonchev–Trinajstić information content (AvgIpc) is 2.57. The van der Waals surface area contributed by atoms with E-state index in [9.17, 15) is 9.59 Å². The second kappa shape index (κ2) is 8.97. The molecule has 1 N–H and O–H groups in total. The van der Waals surface area contributed by atoms with Gasteiger partial charge in [-0.25, -0.2) is 0 Å². The van der Waals surface area contributed by atoms with Crippen LogP contribution in [0.2, 0.25) is 5.02 Å². The fourth-order valence-corrected chi connectivity index (χ4v) is 3.00. The van der Waals surface area contributed by atoms with Crippen LogP contribution in [0.1, 0.15) is 24.0 Å². The van der Waals surface area contributed by atoms with Gasteiger partial charge in [0.25, 0.3) is 11.8 Å².